The second kappa shape index (κ2) is 1.43. The van der Waals surface area contributed by atoms with Crippen LogP contribution in [0.2, 0.25) is 0 Å². The first-order valence-electron chi connectivity index (χ1n) is 6.01. The number of nitrogens with zero attached hydrogens (tertiary/aromatic N) is 2. The Labute approximate surface area is 91.6 Å². The third-order valence-corrected chi connectivity index (χ3v) is 6.57. The van der Waals surface area contributed by atoms with Crippen LogP contribution in [0, 0.1) is 34.3 Å². The standard InChI is InChI=1S/C11H11N3O2/c12-13-9(15)11-6-2-1-4(8(11)14(11,13)16)7-5-3-10(5,6)7/h1-2,4-8H,3,12H2/t4?,5-,6?,7?,8+,10+,11+,14?/m1/s1. The van der Waals surface area contributed by atoms with Crippen molar-refractivity contribution < 1.29 is 9.55 Å². The van der Waals surface area contributed by atoms with Gasteiger partial charge in [0.05, 0.1) is 5.92 Å². The summed E-state index contributed by atoms with van der Waals surface area (Å²) in [4.78, 5) is 12.0. The fraction of sp³-hybridized carbons (Fsp3) is 0.727. The van der Waals surface area contributed by atoms with E-state index in [0.29, 0.717) is 17.3 Å². The van der Waals surface area contributed by atoms with Gasteiger partial charge in [0.1, 0.15) is 0 Å². The second-order valence-corrected chi connectivity index (χ2v) is 6.43. The minimum atomic E-state index is -0.657. The van der Waals surface area contributed by atoms with Crippen molar-refractivity contribution in [2.75, 3.05) is 0 Å². The monoisotopic (exact) mass is 217 g/mol. The molecule has 16 heavy (non-hydrogen) atoms. The Balaban J connectivity index is 1.66. The molecule has 5 aliphatic carbocycles. The number of hydrogen-bond acceptors (Lipinski definition) is 3. The lowest BCUT2D eigenvalue weighted by Gasteiger charge is -2.46. The molecule has 0 radical (unpaired) electrons. The minimum Gasteiger partial charge on any atom is -0.604 e. The first kappa shape index (κ1) is 7.42. The molecule has 0 aromatic carbocycles. The Morgan fingerprint density at radius 3 is 3.12 bits per heavy atom. The predicted molar refractivity (Wildman–Crippen MR) is 51.3 cm³/mol. The largest absolute Gasteiger partial charge is 0.604 e. The number of hydrogen-bond donors (Lipinski definition) is 1. The van der Waals surface area contributed by atoms with Gasteiger partial charge < -0.3 is 5.21 Å². The van der Waals surface area contributed by atoms with Gasteiger partial charge in [-0.3, -0.25) is 4.79 Å². The number of hydroxylamine groups is 2. The highest BCUT2D eigenvalue weighted by Gasteiger charge is 3.07. The van der Waals surface area contributed by atoms with Crippen molar-refractivity contribution in [2.24, 2.45) is 34.9 Å². The number of hydrazine groups is 1. The van der Waals surface area contributed by atoms with Crippen LogP contribution in [0.25, 0.3) is 0 Å². The molecule has 0 aromatic rings. The lowest BCUT2D eigenvalue weighted by atomic mass is 9.63. The average molecular weight is 217 g/mol. The zero-order valence-electron chi connectivity index (χ0n) is 8.54. The molecule has 0 aromatic heterocycles. The van der Waals surface area contributed by atoms with Crippen LogP contribution in [0.3, 0.4) is 0 Å². The molecule has 7 aliphatic rings. The van der Waals surface area contributed by atoms with Crippen LogP contribution < -0.4 is 5.84 Å². The van der Waals surface area contributed by atoms with Crippen molar-refractivity contribution in [3.63, 3.8) is 0 Å². The van der Waals surface area contributed by atoms with E-state index in [1.54, 1.807) is 0 Å². The van der Waals surface area contributed by atoms with E-state index in [1.165, 1.54) is 6.42 Å². The number of carbonyl (C=O) groups is 1. The Morgan fingerprint density at radius 1 is 1.56 bits per heavy atom. The van der Waals surface area contributed by atoms with Gasteiger partial charge in [0.15, 0.2) is 6.04 Å². The third kappa shape index (κ3) is 0.330. The molecule has 2 aliphatic heterocycles. The summed E-state index contributed by atoms with van der Waals surface area (Å²) in [5.41, 5.74) is -0.285. The van der Waals surface area contributed by atoms with Crippen LogP contribution >= 0.6 is 0 Å². The molecular weight excluding hydrogens is 206 g/mol. The molecule has 7 rings (SSSR count). The van der Waals surface area contributed by atoms with Crippen LogP contribution in [-0.4, -0.2) is 27.4 Å². The molecule has 2 heterocycles. The summed E-state index contributed by atoms with van der Waals surface area (Å²) in [6, 6.07) is -0.0663. The van der Waals surface area contributed by atoms with Gasteiger partial charge in [-0.15, -0.1) is 5.12 Å². The van der Waals surface area contributed by atoms with Gasteiger partial charge >= 0.3 is 5.91 Å². The number of quaternary nitrogens is 1. The number of rotatable bonds is 0. The van der Waals surface area contributed by atoms with E-state index in [2.05, 4.69) is 12.2 Å². The summed E-state index contributed by atoms with van der Waals surface area (Å²) < 4.78 is -0.529. The maximum Gasteiger partial charge on any atom is 0.356 e. The molecular formula is C11H11N3O2. The molecule has 2 N–H and O–H groups in total. The quantitative estimate of drug-likeness (QED) is 0.149. The van der Waals surface area contributed by atoms with Gasteiger partial charge in [-0.1, -0.05) is 12.2 Å². The molecule has 5 nitrogen and oxygen atoms in total. The average Bonchev–Trinajstić information content (AvgIpc) is 3.14. The van der Waals surface area contributed by atoms with Crippen LogP contribution in [0.4, 0.5) is 0 Å². The number of nitrogens with two attached hydrogens (primary N) is 1. The van der Waals surface area contributed by atoms with E-state index in [-0.39, 0.29) is 17.9 Å². The van der Waals surface area contributed by atoms with E-state index in [1.807, 2.05) is 0 Å². The van der Waals surface area contributed by atoms with Gasteiger partial charge in [-0.05, 0) is 23.7 Å². The molecule has 3 saturated carbocycles. The van der Waals surface area contributed by atoms with Crippen molar-refractivity contribution in [1.82, 2.24) is 5.12 Å². The van der Waals surface area contributed by atoms with E-state index < -0.39 is 10.3 Å². The molecule has 8 atom stereocenters. The maximum absolute atomic E-state index is 12.6. The highest BCUT2D eigenvalue weighted by molar-refractivity contribution is 5.95. The molecule has 1 amide bonds. The molecule has 82 valence electrons. The van der Waals surface area contributed by atoms with E-state index in [9.17, 15) is 10.0 Å². The third-order valence-electron chi connectivity index (χ3n) is 6.57. The molecule has 5 fully saturated rings. The fourth-order valence-corrected chi connectivity index (χ4v) is 5.90. The SMILES string of the molecule is NN1C(=O)[C@]23C4C=CC(C5[C@H]6C[C@@]546)[C@@H]2[N+]13[O-]. The van der Waals surface area contributed by atoms with Crippen LogP contribution in [0.1, 0.15) is 6.42 Å². The normalized spacial score (nSPS) is 78.2. The van der Waals surface area contributed by atoms with E-state index in [4.69, 9.17) is 5.84 Å². The Hall–Kier alpha value is -0.910. The second-order valence-electron chi connectivity index (χ2n) is 6.43. The van der Waals surface area contributed by atoms with Crippen LogP contribution in [0.5, 0.6) is 0 Å². The van der Waals surface area contributed by atoms with Crippen molar-refractivity contribution in [1.29, 1.82) is 0 Å². The first-order valence-corrected chi connectivity index (χ1v) is 6.01. The van der Waals surface area contributed by atoms with E-state index >= 15 is 0 Å². The molecule has 4 unspecified atom stereocenters. The molecule has 5 heteroatoms. The Bertz CT molecular complexity index is 547. The molecule has 2 bridgehead atoms. The first-order chi connectivity index (χ1) is 7.63. The van der Waals surface area contributed by atoms with Crippen molar-refractivity contribution >= 4 is 5.91 Å². The fourth-order valence-electron chi connectivity index (χ4n) is 5.90. The highest BCUT2D eigenvalue weighted by Crippen LogP contribution is 2.95. The summed E-state index contributed by atoms with van der Waals surface area (Å²) in [5, 5.41) is 13.5. The van der Waals surface area contributed by atoms with Crippen LogP contribution in [0.15, 0.2) is 12.2 Å². The van der Waals surface area contributed by atoms with Crippen molar-refractivity contribution in [2.45, 2.75) is 18.0 Å². The highest BCUT2D eigenvalue weighted by atomic mass is 16.7. The summed E-state index contributed by atoms with van der Waals surface area (Å²) in [6.45, 7) is 0. The smallest absolute Gasteiger partial charge is 0.356 e. The van der Waals surface area contributed by atoms with Gasteiger partial charge in [-0.25, -0.2) is 4.76 Å². The van der Waals surface area contributed by atoms with Gasteiger partial charge in [0.25, 0.3) is 5.54 Å². The summed E-state index contributed by atoms with van der Waals surface area (Å²) in [5.74, 6) is 7.56. The maximum atomic E-state index is 12.6. The van der Waals surface area contributed by atoms with Crippen molar-refractivity contribution in [3.8, 4) is 0 Å². The number of carbonyl (C=O) groups excluding carboxylic acids is 1. The summed E-state index contributed by atoms with van der Waals surface area (Å²) in [6.07, 6.45) is 5.60. The number of amides is 1. The summed E-state index contributed by atoms with van der Waals surface area (Å²) in [7, 11) is 0. The predicted octanol–water partition coefficient (Wildman–Crippen LogP) is -0.495. The lowest BCUT2D eigenvalue weighted by Crippen LogP contribution is -2.72. The molecule has 2 saturated heterocycles. The van der Waals surface area contributed by atoms with Gasteiger partial charge in [-0.2, -0.15) is 5.84 Å². The van der Waals surface area contributed by atoms with Crippen LogP contribution in [-0.2, 0) is 4.79 Å². The van der Waals surface area contributed by atoms with Crippen molar-refractivity contribution in [3.05, 3.63) is 17.4 Å². The Kier molecular flexibility index (Phi) is 0.663. The zero-order valence-corrected chi connectivity index (χ0v) is 8.54. The van der Waals surface area contributed by atoms with E-state index in [0.717, 1.165) is 11.0 Å². The lowest BCUT2D eigenvalue weighted by molar-refractivity contribution is -0.930. The minimum absolute atomic E-state index is 0.0663. The van der Waals surface area contributed by atoms with Gasteiger partial charge in [0.2, 0.25) is 0 Å². The Morgan fingerprint density at radius 2 is 2.38 bits per heavy atom. The molecule has 2 spiro atoms. The van der Waals surface area contributed by atoms with Gasteiger partial charge in [0, 0.05) is 5.92 Å². The topological polar surface area (TPSA) is 69.4 Å². The zero-order chi connectivity index (χ0) is 10.7. The summed E-state index contributed by atoms with van der Waals surface area (Å²) >= 11 is 0.